The Labute approximate surface area is 276 Å². The fourth-order valence-corrected chi connectivity index (χ4v) is 8.73. The summed E-state index contributed by atoms with van der Waals surface area (Å²) in [5.74, 6) is -0.0787. The Kier molecular flexibility index (Phi) is 10.0. The Hall–Kier alpha value is -2.94. The molecular weight excluding hydrogens is 630 g/mol. The highest BCUT2D eigenvalue weighted by atomic mass is 32.2. The van der Waals surface area contributed by atoms with Crippen LogP contribution in [0.15, 0.2) is 30.7 Å². The van der Waals surface area contributed by atoms with E-state index in [0.717, 1.165) is 52.0 Å². The van der Waals surface area contributed by atoms with Gasteiger partial charge < -0.3 is 24.2 Å². The van der Waals surface area contributed by atoms with Gasteiger partial charge in [-0.25, -0.2) is 31.9 Å². The van der Waals surface area contributed by atoms with Gasteiger partial charge in [-0.15, -0.1) is 0 Å². The lowest BCUT2D eigenvalue weighted by molar-refractivity contribution is -0.0194. The fraction of sp³-hybridized carbons (Fsp3) is 0.667. The van der Waals surface area contributed by atoms with Crippen molar-refractivity contribution in [2.75, 3.05) is 50.8 Å². The van der Waals surface area contributed by atoms with Gasteiger partial charge in [-0.05, 0) is 83.7 Å². The van der Waals surface area contributed by atoms with Crippen LogP contribution in [0.4, 0.5) is 14.6 Å². The summed E-state index contributed by atoms with van der Waals surface area (Å²) in [6.45, 7) is 10.5. The molecule has 4 aliphatic rings. The number of anilines is 1. The Balaban J connectivity index is 1.01. The first-order valence-electron chi connectivity index (χ1n) is 16.8. The van der Waals surface area contributed by atoms with E-state index in [-0.39, 0.29) is 47.4 Å². The maximum atomic E-state index is 15.3. The quantitative estimate of drug-likeness (QED) is 0.375. The summed E-state index contributed by atoms with van der Waals surface area (Å²) in [6.07, 6.45) is 6.15. The second-order valence-electron chi connectivity index (χ2n) is 13.8. The molecule has 4 heterocycles. The molecule has 47 heavy (non-hydrogen) atoms. The summed E-state index contributed by atoms with van der Waals surface area (Å²) in [4.78, 5) is 28.0. The number of sulfonamides is 1. The van der Waals surface area contributed by atoms with Crippen LogP contribution in [0.2, 0.25) is 0 Å². The number of carbonyl (C=O) groups excluding carboxylic acids is 1. The molecule has 0 bridgehead atoms. The first-order chi connectivity index (χ1) is 22.5. The van der Waals surface area contributed by atoms with Crippen LogP contribution in [0, 0.1) is 11.2 Å². The molecule has 3 saturated heterocycles. The Morgan fingerprint density at radius 1 is 1.19 bits per heavy atom. The van der Waals surface area contributed by atoms with Crippen LogP contribution in [0.3, 0.4) is 0 Å². The molecular formula is C33H46F2N6O5S. The van der Waals surface area contributed by atoms with Gasteiger partial charge in [-0.2, -0.15) is 0 Å². The average molecular weight is 677 g/mol. The number of carbonyl (C=O) groups is 1. The van der Waals surface area contributed by atoms with E-state index in [1.54, 1.807) is 17.9 Å². The minimum Gasteiger partial charge on any atom is -0.449 e. The van der Waals surface area contributed by atoms with Crippen LogP contribution in [0.25, 0.3) is 0 Å². The highest BCUT2D eigenvalue weighted by Crippen LogP contribution is 2.45. The highest BCUT2D eigenvalue weighted by molar-refractivity contribution is 7.90. The maximum Gasteiger partial charge on any atom is 0.254 e. The molecule has 2 atom stereocenters. The number of hydrogen-bond donors (Lipinski definition) is 1. The van der Waals surface area contributed by atoms with Gasteiger partial charge in [0.1, 0.15) is 12.5 Å². The number of amides is 1. The van der Waals surface area contributed by atoms with Crippen molar-refractivity contribution >= 4 is 21.7 Å². The fourth-order valence-electron chi connectivity index (χ4n) is 7.39. The molecule has 1 aromatic heterocycles. The molecule has 1 N–H and O–H groups in total. The lowest BCUT2D eigenvalue weighted by Crippen LogP contribution is -2.61. The van der Waals surface area contributed by atoms with Gasteiger partial charge in [-0.3, -0.25) is 4.79 Å². The third-order valence-electron chi connectivity index (χ3n) is 10.1. The molecule has 258 valence electrons. The van der Waals surface area contributed by atoms with E-state index in [0.29, 0.717) is 37.4 Å². The monoisotopic (exact) mass is 676 g/mol. The van der Waals surface area contributed by atoms with Gasteiger partial charge in [0.15, 0.2) is 23.1 Å². The summed E-state index contributed by atoms with van der Waals surface area (Å²) < 4.78 is 67.9. The molecule has 0 radical (unpaired) electrons. The molecule has 4 fully saturated rings. The van der Waals surface area contributed by atoms with Gasteiger partial charge in [0.05, 0.1) is 24.2 Å². The van der Waals surface area contributed by atoms with Crippen molar-refractivity contribution in [2.45, 2.75) is 88.9 Å². The largest absolute Gasteiger partial charge is 0.449 e. The third-order valence-corrected chi connectivity index (χ3v) is 12.1. The lowest BCUT2D eigenvalue weighted by atomic mass is 9.72. The number of rotatable bonds is 11. The number of benzene rings is 1. The standard InChI is InChI=1S/C33H46F2N6O5S/c1-4-38-47(43,44)27-7-6-26(45-18-27)17-39-11-9-33(10-12-39)19-40(20-33)31-30(16-36-21-37-31)46-29-8-5-23(13-28(29)35)32(42)41(22(2)3)25-14-24(34)15-25/h5,8,13,16,21-22,24-27,38H,4,6-7,9-12,14-15,17-20H2,1-3H3/t24?,25?,26-,27+/m0/s1. The molecule has 1 saturated carbocycles. The molecule has 14 heteroatoms. The van der Waals surface area contributed by atoms with Crippen molar-refractivity contribution in [1.82, 2.24) is 24.5 Å². The molecule has 0 unspecified atom stereocenters. The number of aromatic nitrogens is 2. The molecule has 11 nitrogen and oxygen atoms in total. The van der Waals surface area contributed by atoms with E-state index < -0.39 is 27.3 Å². The normalized spacial score (nSPS) is 26.1. The predicted molar refractivity (Wildman–Crippen MR) is 173 cm³/mol. The van der Waals surface area contributed by atoms with E-state index in [4.69, 9.17) is 9.47 Å². The zero-order valence-electron chi connectivity index (χ0n) is 27.4. The van der Waals surface area contributed by atoms with Gasteiger partial charge >= 0.3 is 0 Å². The van der Waals surface area contributed by atoms with Crippen LogP contribution in [-0.4, -0.2) is 110 Å². The van der Waals surface area contributed by atoms with E-state index in [2.05, 4.69) is 24.5 Å². The van der Waals surface area contributed by atoms with Gasteiger partial charge in [0.25, 0.3) is 5.91 Å². The number of hydrogen-bond acceptors (Lipinski definition) is 9. The number of halogens is 2. The lowest BCUT2D eigenvalue weighted by Gasteiger charge is -2.54. The highest BCUT2D eigenvalue weighted by Gasteiger charge is 2.46. The second kappa shape index (κ2) is 13.9. The summed E-state index contributed by atoms with van der Waals surface area (Å²) in [5.41, 5.74) is 0.359. The Morgan fingerprint density at radius 3 is 2.55 bits per heavy atom. The zero-order valence-corrected chi connectivity index (χ0v) is 28.2. The summed E-state index contributed by atoms with van der Waals surface area (Å²) in [7, 11) is -3.32. The number of ether oxygens (including phenoxy) is 2. The molecule has 1 amide bonds. The summed E-state index contributed by atoms with van der Waals surface area (Å²) in [6, 6.07) is 3.85. The Bertz CT molecular complexity index is 1520. The third kappa shape index (κ3) is 7.40. The first kappa shape index (κ1) is 33.9. The number of piperidine rings is 1. The van der Waals surface area contributed by atoms with Crippen LogP contribution in [0.1, 0.15) is 69.7 Å². The van der Waals surface area contributed by atoms with Crippen molar-refractivity contribution in [3.63, 3.8) is 0 Å². The van der Waals surface area contributed by atoms with Crippen LogP contribution >= 0.6 is 0 Å². The molecule has 1 spiro atoms. The van der Waals surface area contributed by atoms with Crippen LogP contribution in [0.5, 0.6) is 11.5 Å². The van der Waals surface area contributed by atoms with Crippen molar-refractivity contribution < 1.29 is 31.5 Å². The molecule has 1 aliphatic carbocycles. The average Bonchev–Trinajstić information content (AvgIpc) is 3.01. The van der Waals surface area contributed by atoms with Crippen LogP contribution in [-0.2, 0) is 14.8 Å². The summed E-state index contributed by atoms with van der Waals surface area (Å²) in [5, 5.41) is -0.481. The molecule has 1 aromatic carbocycles. The Morgan fingerprint density at radius 2 is 1.94 bits per heavy atom. The SMILES string of the molecule is CCNS(=O)(=O)[C@@H]1CC[C@@H](CN2CCC3(CC2)CN(c2ncncc2Oc2ccc(C(=O)N(C(C)C)C4CC(F)C4)cc2F)C3)OC1. The van der Waals surface area contributed by atoms with E-state index in [1.807, 2.05) is 13.8 Å². The number of alkyl halides is 1. The number of likely N-dealkylation sites (tertiary alicyclic amines) is 1. The molecule has 6 rings (SSSR count). The second-order valence-corrected chi connectivity index (χ2v) is 15.9. The topological polar surface area (TPSA) is 117 Å². The van der Waals surface area contributed by atoms with E-state index in [1.165, 1.54) is 24.7 Å². The zero-order chi connectivity index (χ0) is 33.3. The maximum absolute atomic E-state index is 15.3. The van der Waals surface area contributed by atoms with E-state index in [9.17, 15) is 17.6 Å². The molecule has 2 aromatic rings. The van der Waals surface area contributed by atoms with Crippen molar-refractivity contribution in [2.24, 2.45) is 5.41 Å². The van der Waals surface area contributed by atoms with Crippen molar-refractivity contribution in [3.8, 4) is 11.5 Å². The van der Waals surface area contributed by atoms with Gasteiger partial charge in [0, 0.05) is 49.2 Å². The minimum atomic E-state index is -3.32. The van der Waals surface area contributed by atoms with Crippen molar-refractivity contribution in [1.29, 1.82) is 0 Å². The van der Waals surface area contributed by atoms with Crippen molar-refractivity contribution in [3.05, 3.63) is 42.1 Å². The molecule has 3 aliphatic heterocycles. The van der Waals surface area contributed by atoms with Gasteiger partial charge in [-0.1, -0.05) is 6.92 Å². The van der Waals surface area contributed by atoms with Gasteiger partial charge in [0.2, 0.25) is 10.0 Å². The number of nitrogens with one attached hydrogen (secondary N) is 1. The first-order valence-corrected chi connectivity index (χ1v) is 18.3. The minimum absolute atomic E-state index is 0.0276. The van der Waals surface area contributed by atoms with Crippen LogP contribution < -0.4 is 14.4 Å². The van der Waals surface area contributed by atoms with E-state index >= 15 is 4.39 Å². The summed E-state index contributed by atoms with van der Waals surface area (Å²) >= 11 is 0. The smallest absolute Gasteiger partial charge is 0.254 e. The predicted octanol–water partition coefficient (Wildman–Crippen LogP) is 4.15. The number of nitrogens with zero attached hydrogens (tertiary/aromatic N) is 5.